The number of hydrogen-bond acceptors (Lipinski definition) is 3. The fourth-order valence-corrected chi connectivity index (χ4v) is 3.08. The average molecular weight is 257 g/mol. The second-order valence-corrected chi connectivity index (χ2v) is 5.64. The Kier molecular flexibility index (Phi) is 8.64. The summed E-state index contributed by atoms with van der Waals surface area (Å²) in [4.78, 5) is 0. The van der Waals surface area contributed by atoms with Crippen LogP contribution in [0.3, 0.4) is 0 Å². The standard InChI is InChI=1S/C15H31NO2/c1-3-5-13-7-8-15(16)14(12-13)6-4-9-18-11-10-17-2/h13-15H,3-12,16H2,1-2H3. The third-order valence-electron chi connectivity index (χ3n) is 4.14. The molecule has 0 saturated heterocycles. The predicted octanol–water partition coefficient (Wildman–Crippen LogP) is 2.97. The largest absolute Gasteiger partial charge is 0.382 e. The van der Waals surface area contributed by atoms with E-state index in [2.05, 4.69) is 6.92 Å². The summed E-state index contributed by atoms with van der Waals surface area (Å²) in [5.74, 6) is 1.65. The first-order valence-electron chi connectivity index (χ1n) is 7.60. The molecule has 0 aromatic carbocycles. The van der Waals surface area contributed by atoms with E-state index in [1.165, 1.54) is 38.5 Å². The minimum Gasteiger partial charge on any atom is -0.382 e. The second-order valence-electron chi connectivity index (χ2n) is 5.64. The highest BCUT2D eigenvalue weighted by molar-refractivity contribution is 4.82. The van der Waals surface area contributed by atoms with Crippen molar-refractivity contribution in [3.63, 3.8) is 0 Å². The molecule has 108 valence electrons. The van der Waals surface area contributed by atoms with E-state index in [1.807, 2.05) is 0 Å². The van der Waals surface area contributed by atoms with Crippen molar-refractivity contribution in [3.8, 4) is 0 Å². The maximum absolute atomic E-state index is 6.24. The fraction of sp³-hybridized carbons (Fsp3) is 1.00. The Balaban J connectivity index is 2.10. The van der Waals surface area contributed by atoms with Gasteiger partial charge in [0, 0.05) is 19.8 Å². The Morgan fingerprint density at radius 1 is 1.11 bits per heavy atom. The lowest BCUT2D eigenvalue weighted by atomic mass is 9.75. The van der Waals surface area contributed by atoms with Crippen LogP contribution in [0.1, 0.15) is 51.9 Å². The molecule has 0 radical (unpaired) electrons. The Bertz CT molecular complexity index is 199. The van der Waals surface area contributed by atoms with Gasteiger partial charge in [0.2, 0.25) is 0 Å². The van der Waals surface area contributed by atoms with Gasteiger partial charge in [-0.25, -0.2) is 0 Å². The van der Waals surface area contributed by atoms with Crippen LogP contribution in [0.4, 0.5) is 0 Å². The lowest BCUT2D eigenvalue weighted by Crippen LogP contribution is -2.36. The SMILES string of the molecule is CCCC1CCC(N)C(CCCOCCOC)C1. The molecule has 3 nitrogen and oxygen atoms in total. The van der Waals surface area contributed by atoms with Crippen molar-refractivity contribution in [2.45, 2.75) is 57.9 Å². The zero-order valence-electron chi connectivity index (χ0n) is 12.2. The van der Waals surface area contributed by atoms with Gasteiger partial charge in [0.1, 0.15) is 0 Å². The first kappa shape index (κ1) is 15.9. The van der Waals surface area contributed by atoms with Crippen molar-refractivity contribution in [3.05, 3.63) is 0 Å². The molecule has 0 aliphatic heterocycles. The van der Waals surface area contributed by atoms with Crippen LogP contribution in [0.2, 0.25) is 0 Å². The van der Waals surface area contributed by atoms with Gasteiger partial charge in [-0.1, -0.05) is 19.8 Å². The van der Waals surface area contributed by atoms with Crippen LogP contribution in [0.25, 0.3) is 0 Å². The minimum atomic E-state index is 0.428. The van der Waals surface area contributed by atoms with E-state index in [9.17, 15) is 0 Å². The molecule has 3 unspecified atom stereocenters. The predicted molar refractivity (Wildman–Crippen MR) is 75.6 cm³/mol. The normalized spacial score (nSPS) is 28.5. The summed E-state index contributed by atoms with van der Waals surface area (Å²) >= 11 is 0. The van der Waals surface area contributed by atoms with E-state index >= 15 is 0 Å². The van der Waals surface area contributed by atoms with Gasteiger partial charge in [-0.3, -0.25) is 0 Å². The van der Waals surface area contributed by atoms with Gasteiger partial charge in [0.25, 0.3) is 0 Å². The Morgan fingerprint density at radius 3 is 2.67 bits per heavy atom. The second kappa shape index (κ2) is 9.76. The van der Waals surface area contributed by atoms with Crippen LogP contribution in [-0.2, 0) is 9.47 Å². The van der Waals surface area contributed by atoms with Crippen LogP contribution in [0, 0.1) is 11.8 Å². The highest BCUT2D eigenvalue weighted by atomic mass is 16.5. The molecule has 3 atom stereocenters. The topological polar surface area (TPSA) is 44.5 Å². The third kappa shape index (κ3) is 6.17. The lowest BCUT2D eigenvalue weighted by Gasteiger charge is -2.34. The summed E-state index contributed by atoms with van der Waals surface area (Å²) in [7, 11) is 1.71. The molecule has 18 heavy (non-hydrogen) atoms. The highest BCUT2D eigenvalue weighted by Gasteiger charge is 2.27. The van der Waals surface area contributed by atoms with Gasteiger partial charge in [0.15, 0.2) is 0 Å². The molecule has 1 saturated carbocycles. The Labute approximate surface area is 112 Å². The van der Waals surface area contributed by atoms with Gasteiger partial charge < -0.3 is 15.2 Å². The van der Waals surface area contributed by atoms with E-state index < -0.39 is 0 Å². The molecule has 2 N–H and O–H groups in total. The highest BCUT2D eigenvalue weighted by Crippen LogP contribution is 2.33. The van der Waals surface area contributed by atoms with Crippen LogP contribution < -0.4 is 5.73 Å². The van der Waals surface area contributed by atoms with E-state index in [1.54, 1.807) is 7.11 Å². The molecule has 0 amide bonds. The molecule has 0 aromatic rings. The van der Waals surface area contributed by atoms with Gasteiger partial charge in [0.05, 0.1) is 13.2 Å². The molecule has 0 aromatic heterocycles. The third-order valence-corrected chi connectivity index (χ3v) is 4.14. The van der Waals surface area contributed by atoms with Crippen molar-refractivity contribution in [2.75, 3.05) is 26.9 Å². The van der Waals surface area contributed by atoms with Crippen LogP contribution in [0.15, 0.2) is 0 Å². The van der Waals surface area contributed by atoms with Crippen LogP contribution >= 0.6 is 0 Å². The summed E-state index contributed by atoms with van der Waals surface area (Å²) in [6.45, 7) is 4.55. The van der Waals surface area contributed by atoms with Gasteiger partial charge in [-0.05, 0) is 43.9 Å². The molecular weight excluding hydrogens is 226 g/mol. The van der Waals surface area contributed by atoms with Crippen molar-refractivity contribution in [1.82, 2.24) is 0 Å². The fourth-order valence-electron chi connectivity index (χ4n) is 3.08. The molecule has 0 bridgehead atoms. The Morgan fingerprint density at radius 2 is 1.94 bits per heavy atom. The number of ether oxygens (including phenoxy) is 2. The van der Waals surface area contributed by atoms with Crippen LogP contribution in [0.5, 0.6) is 0 Å². The average Bonchev–Trinajstić information content (AvgIpc) is 2.37. The van der Waals surface area contributed by atoms with Gasteiger partial charge >= 0.3 is 0 Å². The van der Waals surface area contributed by atoms with Gasteiger partial charge in [-0.15, -0.1) is 0 Å². The van der Waals surface area contributed by atoms with Gasteiger partial charge in [-0.2, -0.15) is 0 Å². The minimum absolute atomic E-state index is 0.428. The van der Waals surface area contributed by atoms with Crippen molar-refractivity contribution in [1.29, 1.82) is 0 Å². The van der Waals surface area contributed by atoms with E-state index in [0.29, 0.717) is 19.3 Å². The number of nitrogens with two attached hydrogens (primary N) is 1. The zero-order valence-corrected chi connectivity index (χ0v) is 12.2. The molecule has 1 aliphatic carbocycles. The van der Waals surface area contributed by atoms with E-state index in [0.717, 1.165) is 24.9 Å². The Hall–Kier alpha value is -0.120. The smallest absolute Gasteiger partial charge is 0.0700 e. The summed E-state index contributed by atoms with van der Waals surface area (Å²) in [5, 5.41) is 0. The summed E-state index contributed by atoms with van der Waals surface area (Å²) in [6, 6.07) is 0.428. The summed E-state index contributed by atoms with van der Waals surface area (Å²) in [5.41, 5.74) is 6.24. The number of rotatable bonds is 9. The number of hydrogen-bond donors (Lipinski definition) is 1. The van der Waals surface area contributed by atoms with Crippen molar-refractivity contribution < 1.29 is 9.47 Å². The summed E-state index contributed by atoms with van der Waals surface area (Å²) < 4.78 is 10.5. The van der Waals surface area contributed by atoms with Crippen LogP contribution in [-0.4, -0.2) is 33.0 Å². The molecule has 0 spiro atoms. The molecule has 0 heterocycles. The van der Waals surface area contributed by atoms with E-state index in [-0.39, 0.29) is 0 Å². The molecule has 1 aliphatic rings. The lowest BCUT2D eigenvalue weighted by molar-refractivity contribution is 0.0650. The molecule has 1 rings (SSSR count). The first-order chi connectivity index (χ1) is 8.77. The molecule has 1 fully saturated rings. The van der Waals surface area contributed by atoms with E-state index in [4.69, 9.17) is 15.2 Å². The summed E-state index contributed by atoms with van der Waals surface area (Å²) in [6.07, 6.45) is 8.97. The maximum Gasteiger partial charge on any atom is 0.0700 e. The molecular formula is C15H31NO2. The monoisotopic (exact) mass is 257 g/mol. The maximum atomic E-state index is 6.24. The zero-order chi connectivity index (χ0) is 13.2. The van der Waals surface area contributed by atoms with Crippen molar-refractivity contribution in [2.24, 2.45) is 17.6 Å². The number of methoxy groups -OCH3 is 1. The van der Waals surface area contributed by atoms with Crippen molar-refractivity contribution >= 4 is 0 Å². The molecule has 3 heteroatoms. The first-order valence-corrected chi connectivity index (χ1v) is 7.60. The quantitative estimate of drug-likeness (QED) is 0.646.